The number of benzene rings is 2. The van der Waals surface area contributed by atoms with E-state index in [0.29, 0.717) is 29.8 Å². The molecule has 1 N–H and O–H groups in total. The van der Waals surface area contributed by atoms with E-state index in [9.17, 15) is 19.5 Å². The van der Waals surface area contributed by atoms with Crippen molar-refractivity contribution in [1.29, 1.82) is 0 Å². The van der Waals surface area contributed by atoms with Crippen LogP contribution in [0.4, 0.5) is 5.69 Å². The van der Waals surface area contributed by atoms with Crippen LogP contribution in [0.3, 0.4) is 0 Å². The molecule has 6 heteroatoms. The highest BCUT2D eigenvalue weighted by Crippen LogP contribution is 2.46. The van der Waals surface area contributed by atoms with Gasteiger partial charge in [0.1, 0.15) is 0 Å². The average Bonchev–Trinajstić information content (AvgIpc) is 2.72. The second-order valence-corrected chi connectivity index (χ2v) is 9.49. The van der Waals surface area contributed by atoms with Crippen molar-refractivity contribution in [3.05, 3.63) is 82.0 Å². The molecule has 2 aliphatic rings. The van der Waals surface area contributed by atoms with Gasteiger partial charge in [-0.1, -0.05) is 67.9 Å². The minimum atomic E-state index is -1.17. The van der Waals surface area contributed by atoms with Crippen molar-refractivity contribution < 1.29 is 19.5 Å². The molecule has 0 fully saturated rings. The number of hydrogen-bond donors (Lipinski definition) is 1. The Kier molecular flexibility index (Phi) is 5.78. The smallest absolute Gasteiger partial charge is 0.337 e. The fourth-order valence-electron chi connectivity index (χ4n) is 4.53. The first-order valence-electron chi connectivity index (χ1n) is 10.5. The zero-order valence-corrected chi connectivity index (χ0v) is 18.7. The van der Waals surface area contributed by atoms with E-state index < -0.39 is 5.97 Å². The zero-order valence-electron chi connectivity index (χ0n) is 18.0. The van der Waals surface area contributed by atoms with Crippen molar-refractivity contribution in [3.8, 4) is 0 Å². The number of ketones is 1. The molecule has 1 aliphatic carbocycles. The fraction of sp³-hybridized carbons (Fsp3) is 0.269. The molecule has 164 valence electrons. The van der Waals surface area contributed by atoms with Crippen LogP contribution >= 0.6 is 11.6 Å². The van der Waals surface area contributed by atoms with Crippen molar-refractivity contribution >= 4 is 41.0 Å². The molecule has 0 saturated heterocycles. The summed E-state index contributed by atoms with van der Waals surface area (Å²) in [7, 11) is 0. The third kappa shape index (κ3) is 4.26. The number of hydrogen-bond acceptors (Lipinski definition) is 3. The third-order valence-corrected chi connectivity index (χ3v) is 6.27. The van der Waals surface area contributed by atoms with Crippen molar-refractivity contribution in [3.63, 3.8) is 0 Å². The van der Waals surface area contributed by atoms with E-state index in [2.05, 4.69) is 0 Å². The van der Waals surface area contributed by atoms with Gasteiger partial charge in [-0.2, -0.15) is 0 Å². The molecule has 0 bridgehead atoms. The van der Waals surface area contributed by atoms with Crippen LogP contribution in [0.25, 0.3) is 6.08 Å². The summed E-state index contributed by atoms with van der Waals surface area (Å²) in [6.07, 6.45) is 4.96. The van der Waals surface area contributed by atoms with E-state index >= 15 is 0 Å². The SMILES string of the molecule is CC1(C)CC(=O)C2=C(C1)N(c1ccc(Cl)c(C(=O)O)c1)C(=O)CC2/C=C/c1ccccc1. The molecule has 0 spiro atoms. The topological polar surface area (TPSA) is 74.7 Å². The number of amides is 1. The maximum Gasteiger partial charge on any atom is 0.337 e. The predicted octanol–water partition coefficient (Wildman–Crippen LogP) is 5.75. The van der Waals surface area contributed by atoms with Gasteiger partial charge in [-0.25, -0.2) is 4.79 Å². The fourth-order valence-corrected chi connectivity index (χ4v) is 4.72. The highest BCUT2D eigenvalue weighted by atomic mass is 35.5. The number of nitrogens with zero attached hydrogens (tertiary/aromatic N) is 1. The summed E-state index contributed by atoms with van der Waals surface area (Å²) in [5, 5.41) is 9.57. The Morgan fingerprint density at radius 1 is 1.12 bits per heavy atom. The van der Waals surface area contributed by atoms with Crippen LogP contribution in [-0.2, 0) is 9.59 Å². The van der Waals surface area contributed by atoms with Crippen LogP contribution < -0.4 is 4.90 Å². The van der Waals surface area contributed by atoms with Gasteiger partial charge < -0.3 is 5.11 Å². The number of allylic oxidation sites excluding steroid dienone is 3. The quantitative estimate of drug-likeness (QED) is 0.645. The summed E-state index contributed by atoms with van der Waals surface area (Å²) in [4.78, 5) is 39.7. The number of Topliss-reactive ketones (excluding diaryl/α,β-unsaturated/α-hetero) is 1. The van der Waals surface area contributed by atoms with Gasteiger partial charge in [0.25, 0.3) is 0 Å². The summed E-state index contributed by atoms with van der Waals surface area (Å²) in [6.45, 7) is 4.01. The minimum Gasteiger partial charge on any atom is -0.478 e. The van der Waals surface area contributed by atoms with Gasteiger partial charge in [-0.15, -0.1) is 0 Å². The van der Waals surface area contributed by atoms with Crippen LogP contribution in [0.2, 0.25) is 5.02 Å². The number of carboxylic acid groups (broad SMARTS) is 1. The first kappa shape index (κ1) is 22.0. The molecule has 4 rings (SSSR count). The molecule has 0 radical (unpaired) electrons. The van der Waals surface area contributed by atoms with Crippen molar-refractivity contribution in [2.75, 3.05) is 4.90 Å². The van der Waals surface area contributed by atoms with Crippen LogP contribution in [0.1, 0.15) is 49.0 Å². The molecule has 2 aromatic rings. The lowest BCUT2D eigenvalue weighted by Gasteiger charge is -2.42. The maximum absolute atomic E-state index is 13.3. The lowest BCUT2D eigenvalue weighted by Crippen LogP contribution is -2.44. The molecule has 2 aromatic carbocycles. The van der Waals surface area contributed by atoms with Crippen LogP contribution in [0, 0.1) is 11.3 Å². The number of carbonyl (C=O) groups excluding carboxylic acids is 2. The molecule has 5 nitrogen and oxygen atoms in total. The molecule has 32 heavy (non-hydrogen) atoms. The molecular weight excluding hydrogens is 426 g/mol. The van der Waals surface area contributed by atoms with Gasteiger partial charge in [0.15, 0.2) is 5.78 Å². The maximum atomic E-state index is 13.3. The van der Waals surface area contributed by atoms with E-state index in [1.165, 1.54) is 17.0 Å². The Labute approximate surface area is 192 Å². The third-order valence-electron chi connectivity index (χ3n) is 5.94. The second-order valence-electron chi connectivity index (χ2n) is 9.08. The first-order chi connectivity index (χ1) is 15.2. The molecule has 1 atom stereocenters. The van der Waals surface area contributed by atoms with E-state index in [-0.39, 0.29) is 40.0 Å². The minimum absolute atomic E-state index is 0.0314. The molecule has 1 aliphatic heterocycles. The number of rotatable bonds is 4. The Balaban J connectivity index is 1.82. The molecule has 0 aromatic heterocycles. The molecule has 0 saturated carbocycles. The zero-order chi connectivity index (χ0) is 23.0. The van der Waals surface area contributed by atoms with Crippen LogP contribution in [0.15, 0.2) is 65.9 Å². The van der Waals surface area contributed by atoms with Crippen LogP contribution in [0.5, 0.6) is 0 Å². The second kappa shape index (κ2) is 8.40. The van der Waals surface area contributed by atoms with E-state index in [1.807, 2.05) is 56.3 Å². The van der Waals surface area contributed by atoms with Crippen molar-refractivity contribution in [2.24, 2.45) is 11.3 Å². The number of aromatic carboxylic acids is 1. The number of halogens is 1. The summed E-state index contributed by atoms with van der Waals surface area (Å²) in [5.41, 5.74) is 2.33. The summed E-state index contributed by atoms with van der Waals surface area (Å²) >= 11 is 6.04. The first-order valence-corrected chi connectivity index (χ1v) is 10.9. The van der Waals surface area contributed by atoms with E-state index in [1.54, 1.807) is 6.07 Å². The van der Waals surface area contributed by atoms with Gasteiger partial charge in [0, 0.05) is 35.7 Å². The number of anilines is 1. The van der Waals surface area contributed by atoms with Crippen LogP contribution in [-0.4, -0.2) is 22.8 Å². The Bertz CT molecular complexity index is 1160. The van der Waals surface area contributed by atoms with Gasteiger partial charge in [-0.05, 0) is 35.6 Å². The van der Waals surface area contributed by atoms with Gasteiger partial charge in [-0.3, -0.25) is 14.5 Å². The van der Waals surface area contributed by atoms with E-state index in [4.69, 9.17) is 11.6 Å². The van der Waals surface area contributed by atoms with E-state index in [0.717, 1.165) is 5.56 Å². The molecule has 1 amide bonds. The lowest BCUT2D eigenvalue weighted by atomic mass is 9.70. The van der Waals surface area contributed by atoms with Crippen molar-refractivity contribution in [2.45, 2.75) is 33.1 Å². The van der Waals surface area contributed by atoms with Gasteiger partial charge in [0.05, 0.1) is 10.6 Å². The normalized spacial score (nSPS) is 20.6. The standard InChI is InChI=1S/C26H24ClNO4/c1-26(2)14-21-24(22(29)15-26)17(9-8-16-6-4-3-5-7-16)12-23(30)28(21)18-10-11-20(27)19(13-18)25(31)32/h3-11,13,17H,12,14-15H2,1-2H3,(H,31,32)/b9-8+. The Hall–Kier alpha value is -3.18. The van der Waals surface area contributed by atoms with Gasteiger partial charge >= 0.3 is 5.97 Å². The highest BCUT2D eigenvalue weighted by molar-refractivity contribution is 6.33. The van der Waals surface area contributed by atoms with Crippen molar-refractivity contribution in [1.82, 2.24) is 0 Å². The lowest BCUT2D eigenvalue weighted by molar-refractivity contribution is -0.121. The molecular formula is C26H24ClNO4. The monoisotopic (exact) mass is 449 g/mol. The summed E-state index contributed by atoms with van der Waals surface area (Å²) in [6, 6.07) is 14.3. The molecule has 1 unspecified atom stereocenters. The summed E-state index contributed by atoms with van der Waals surface area (Å²) in [5.74, 6) is -1.62. The summed E-state index contributed by atoms with van der Waals surface area (Å²) < 4.78 is 0. The number of carbonyl (C=O) groups is 3. The Morgan fingerprint density at radius 2 is 1.84 bits per heavy atom. The Morgan fingerprint density at radius 3 is 2.53 bits per heavy atom. The predicted molar refractivity (Wildman–Crippen MR) is 125 cm³/mol. The highest BCUT2D eigenvalue weighted by Gasteiger charge is 2.43. The number of carboxylic acids is 1. The molecule has 1 heterocycles. The van der Waals surface area contributed by atoms with Gasteiger partial charge in [0.2, 0.25) is 5.91 Å². The average molecular weight is 450 g/mol. The largest absolute Gasteiger partial charge is 0.478 e.